The first-order valence-corrected chi connectivity index (χ1v) is 17.3. The summed E-state index contributed by atoms with van der Waals surface area (Å²) in [5.41, 5.74) is 2.27. The van der Waals surface area contributed by atoms with E-state index in [1.807, 2.05) is 42.5 Å². The standard InChI is InChI=1S/C20H14F3N5O.C20H15F3N4O2/c21-20(22,23)14-9-7-13(8-10-14)12-28-17-6-2-1-4-15(17)18(27-28)25-19(29)16-5-3-11-24-26-16;1-12-16(11-29-26-12)19(28)24-18-15-4-2-3-5-17(15)27(25-18)10-13-6-8-14(9-7-13)20(21,22)23/h1-11H,12H2,(H,25,27,29);2-9,11H,10H2,1H3,(H,24,25,28). The Hall–Kier alpha value is -7.37. The lowest BCUT2D eigenvalue weighted by atomic mass is 10.1. The molecule has 0 radical (unpaired) electrons. The fourth-order valence-corrected chi connectivity index (χ4v) is 5.90. The van der Waals surface area contributed by atoms with Crippen molar-refractivity contribution in [3.8, 4) is 0 Å². The highest BCUT2D eigenvalue weighted by atomic mass is 19.4. The minimum Gasteiger partial charge on any atom is -0.364 e. The van der Waals surface area contributed by atoms with Crippen molar-refractivity contribution in [1.82, 2.24) is 34.9 Å². The van der Waals surface area contributed by atoms with Crippen molar-refractivity contribution >= 4 is 45.3 Å². The molecule has 2 amide bonds. The summed E-state index contributed by atoms with van der Waals surface area (Å²) in [6.07, 6.45) is -6.04. The number of carbonyl (C=O) groups excluding carboxylic acids is 2. The summed E-state index contributed by atoms with van der Waals surface area (Å²) in [5, 5.41) is 26.9. The van der Waals surface area contributed by atoms with Crippen LogP contribution in [0.25, 0.3) is 21.8 Å². The van der Waals surface area contributed by atoms with Crippen molar-refractivity contribution in [3.63, 3.8) is 0 Å². The van der Waals surface area contributed by atoms with Gasteiger partial charge in [-0.25, -0.2) is 0 Å². The average molecular weight is 798 g/mol. The third-order valence-corrected chi connectivity index (χ3v) is 8.81. The molecule has 0 saturated carbocycles. The van der Waals surface area contributed by atoms with Crippen LogP contribution in [0.1, 0.15) is 48.8 Å². The largest absolute Gasteiger partial charge is 0.416 e. The van der Waals surface area contributed by atoms with Crippen LogP contribution in [0.2, 0.25) is 0 Å². The molecule has 18 heteroatoms. The second-order valence-corrected chi connectivity index (χ2v) is 12.8. The highest BCUT2D eigenvalue weighted by Crippen LogP contribution is 2.31. The Labute approximate surface area is 324 Å². The number of carbonyl (C=O) groups is 2. The number of benzene rings is 4. The zero-order valence-electron chi connectivity index (χ0n) is 30.1. The molecule has 294 valence electrons. The molecule has 4 heterocycles. The number of hydrogen-bond donors (Lipinski definition) is 2. The maximum absolute atomic E-state index is 12.8. The molecule has 8 aromatic rings. The molecule has 4 aromatic carbocycles. The maximum Gasteiger partial charge on any atom is 0.416 e. The van der Waals surface area contributed by atoms with E-state index in [1.165, 1.54) is 42.8 Å². The van der Waals surface area contributed by atoms with Gasteiger partial charge in [-0.2, -0.15) is 41.6 Å². The second-order valence-electron chi connectivity index (χ2n) is 12.8. The van der Waals surface area contributed by atoms with Gasteiger partial charge in [-0.05, 0) is 78.7 Å². The van der Waals surface area contributed by atoms with Gasteiger partial charge in [-0.3, -0.25) is 19.0 Å². The molecule has 58 heavy (non-hydrogen) atoms. The van der Waals surface area contributed by atoms with Gasteiger partial charge in [0.1, 0.15) is 11.8 Å². The van der Waals surface area contributed by atoms with Gasteiger partial charge in [0.05, 0.1) is 40.9 Å². The summed E-state index contributed by atoms with van der Waals surface area (Å²) >= 11 is 0. The SMILES string of the molecule is Cc1nocc1C(=O)Nc1nn(Cc2ccc(C(F)(F)F)cc2)c2ccccc12.O=C(Nc1nn(Cc2ccc(C(F)(F)F)cc2)c2ccccc12)c1cccnn1. The Kier molecular flexibility index (Phi) is 10.7. The van der Waals surface area contributed by atoms with E-state index in [0.717, 1.165) is 35.3 Å². The predicted octanol–water partition coefficient (Wildman–Crippen LogP) is 8.80. The van der Waals surface area contributed by atoms with Gasteiger partial charge in [0.15, 0.2) is 17.3 Å². The molecule has 4 aromatic heterocycles. The fourth-order valence-electron chi connectivity index (χ4n) is 5.90. The van der Waals surface area contributed by atoms with E-state index >= 15 is 0 Å². The lowest BCUT2D eigenvalue weighted by Crippen LogP contribution is -2.15. The molecule has 0 bridgehead atoms. The Morgan fingerprint density at radius 2 is 1.12 bits per heavy atom. The Morgan fingerprint density at radius 3 is 1.55 bits per heavy atom. The second kappa shape index (κ2) is 16.0. The highest BCUT2D eigenvalue weighted by molar-refractivity contribution is 6.08. The molecule has 0 spiro atoms. The number of anilines is 2. The van der Waals surface area contributed by atoms with Crippen molar-refractivity contribution in [1.29, 1.82) is 0 Å². The normalized spacial score (nSPS) is 11.6. The number of hydrogen-bond acceptors (Lipinski definition) is 8. The van der Waals surface area contributed by atoms with Crippen LogP contribution in [-0.2, 0) is 25.4 Å². The highest BCUT2D eigenvalue weighted by Gasteiger charge is 2.31. The van der Waals surface area contributed by atoms with E-state index in [1.54, 1.807) is 28.4 Å². The molecule has 2 N–H and O–H groups in total. The number of halogens is 6. The van der Waals surface area contributed by atoms with E-state index in [9.17, 15) is 35.9 Å². The summed E-state index contributed by atoms with van der Waals surface area (Å²) in [5.74, 6) is -0.182. The van der Waals surface area contributed by atoms with Gasteiger partial charge < -0.3 is 15.2 Å². The van der Waals surface area contributed by atoms with Crippen LogP contribution >= 0.6 is 0 Å². The van der Waals surface area contributed by atoms with Crippen LogP contribution in [0.4, 0.5) is 38.0 Å². The number of alkyl halides is 6. The number of nitrogens with zero attached hydrogens (tertiary/aromatic N) is 7. The summed E-state index contributed by atoms with van der Waals surface area (Å²) in [7, 11) is 0. The molecular formula is C40H29F6N9O3. The quantitative estimate of drug-likeness (QED) is 0.145. The Bertz CT molecular complexity index is 2710. The zero-order valence-corrected chi connectivity index (χ0v) is 30.1. The van der Waals surface area contributed by atoms with Crippen molar-refractivity contribution in [2.45, 2.75) is 32.4 Å². The number of nitrogens with one attached hydrogen (secondary N) is 2. The smallest absolute Gasteiger partial charge is 0.364 e. The zero-order chi connectivity index (χ0) is 41.0. The van der Waals surface area contributed by atoms with Crippen molar-refractivity contribution in [2.75, 3.05) is 10.6 Å². The molecule has 0 atom stereocenters. The third kappa shape index (κ3) is 8.70. The minimum absolute atomic E-state index is 0.147. The minimum atomic E-state index is -4.38. The maximum atomic E-state index is 12.8. The molecule has 12 nitrogen and oxygen atoms in total. The van der Waals surface area contributed by atoms with Gasteiger partial charge in [0, 0.05) is 17.0 Å². The van der Waals surface area contributed by atoms with Gasteiger partial charge in [0.2, 0.25) is 0 Å². The molecule has 0 aliphatic heterocycles. The molecule has 0 fully saturated rings. The lowest BCUT2D eigenvalue weighted by molar-refractivity contribution is -0.138. The van der Waals surface area contributed by atoms with E-state index in [2.05, 4.69) is 36.2 Å². The van der Waals surface area contributed by atoms with E-state index in [0.29, 0.717) is 44.8 Å². The molecule has 0 unspecified atom stereocenters. The van der Waals surface area contributed by atoms with Crippen molar-refractivity contribution < 1.29 is 40.5 Å². The van der Waals surface area contributed by atoms with Crippen LogP contribution < -0.4 is 10.6 Å². The fraction of sp³-hybridized carbons (Fsp3) is 0.125. The first kappa shape index (κ1) is 38.9. The Morgan fingerprint density at radius 1 is 0.638 bits per heavy atom. The summed E-state index contributed by atoms with van der Waals surface area (Å²) in [6.45, 7) is 2.15. The third-order valence-electron chi connectivity index (χ3n) is 8.81. The summed E-state index contributed by atoms with van der Waals surface area (Å²) in [4.78, 5) is 24.9. The van der Waals surface area contributed by atoms with E-state index in [4.69, 9.17) is 4.52 Å². The topological polar surface area (TPSA) is 146 Å². The van der Waals surface area contributed by atoms with Crippen LogP contribution in [-0.4, -0.2) is 46.7 Å². The first-order chi connectivity index (χ1) is 27.7. The Balaban J connectivity index is 0.000000177. The van der Waals surface area contributed by atoms with Crippen LogP contribution in [0.5, 0.6) is 0 Å². The predicted molar refractivity (Wildman–Crippen MR) is 200 cm³/mol. The summed E-state index contributed by atoms with van der Waals surface area (Å²) < 4.78 is 84.6. The van der Waals surface area contributed by atoms with Crippen molar-refractivity contribution in [2.24, 2.45) is 0 Å². The van der Waals surface area contributed by atoms with E-state index in [-0.39, 0.29) is 18.8 Å². The number of para-hydroxylation sites is 2. The van der Waals surface area contributed by atoms with Crippen LogP contribution in [0.3, 0.4) is 0 Å². The van der Waals surface area contributed by atoms with Gasteiger partial charge >= 0.3 is 12.4 Å². The van der Waals surface area contributed by atoms with Gasteiger partial charge in [0.25, 0.3) is 11.8 Å². The molecule has 8 rings (SSSR count). The number of rotatable bonds is 8. The number of amides is 2. The number of fused-ring (bicyclic) bond motifs is 2. The number of aromatic nitrogens is 7. The number of aryl methyl sites for hydroxylation is 1. The molecule has 0 saturated heterocycles. The monoisotopic (exact) mass is 797 g/mol. The molecule has 0 aliphatic rings. The lowest BCUT2D eigenvalue weighted by Gasteiger charge is -2.08. The first-order valence-electron chi connectivity index (χ1n) is 17.3. The summed E-state index contributed by atoms with van der Waals surface area (Å²) in [6, 6.07) is 27.5. The van der Waals surface area contributed by atoms with Crippen LogP contribution in [0.15, 0.2) is 126 Å². The van der Waals surface area contributed by atoms with Gasteiger partial charge in [-0.1, -0.05) is 53.7 Å². The van der Waals surface area contributed by atoms with Crippen LogP contribution in [0, 0.1) is 6.92 Å². The van der Waals surface area contributed by atoms with Crippen molar-refractivity contribution in [3.05, 3.63) is 161 Å². The molecular weight excluding hydrogens is 768 g/mol. The van der Waals surface area contributed by atoms with Gasteiger partial charge in [-0.15, -0.1) is 5.10 Å². The molecule has 0 aliphatic carbocycles. The average Bonchev–Trinajstić information content (AvgIpc) is 3.90. The van der Waals surface area contributed by atoms with E-state index < -0.39 is 35.3 Å².